The lowest BCUT2D eigenvalue weighted by atomic mass is 9.93. The number of hydrogen-bond acceptors (Lipinski definition) is 8. The third kappa shape index (κ3) is 2.90. The number of anilines is 1. The van der Waals surface area contributed by atoms with Crippen LogP contribution in [0.4, 0.5) is 5.82 Å². The molecule has 136 valence electrons. The molecule has 2 atom stereocenters. The molecule has 3 aromatic heterocycles. The summed E-state index contributed by atoms with van der Waals surface area (Å²) in [6, 6.07) is 3.20. The number of rotatable bonds is 4. The SMILES string of the molecule is COc1ccnc(Oc2nn(C3CCCC[C@@H]3O)c3ncnc(N)c23)c1. The summed E-state index contributed by atoms with van der Waals surface area (Å²) in [5, 5.41) is 15.5. The van der Waals surface area contributed by atoms with Crippen molar-refractivity contribution in [1.29, 1.82) is 0 Å². The molecule has 1 saturated carbocycles. The van der Waals surface area contributed by atoms with Crippen LogP contribution in [-0.4, -0.2) is 43.1 Å². The summed E-state index contributed by atoms with van der Waals surface area (Å²) in [5.74, 6) is 1.47. The fourth-order valence-corrected chi connectivity index (χ4v) is 3.32. The fraction of sp³-hybridized carbons (Fsp3) is 0.412. The number of aliphatic hydroxyl groups excluding tert-OH is 1. The van der Waals surface area contributed by atoms with Gasteiger partial charge in [0.05, 0.1) is 19.3 Å². The molecule has 1 aliphatic rings. The Morgan fingerprint density at radius 3 is 2.88 bits per heavy atom. The van der Waals surface area contributed by atoms with Crippen LogP contribution in [0.2, 0.25) is 0 Å². The van der Waals surface area contributed by atoms with Gasteiger partial charge in [0.15, 0.2) is 5.65 Å². The van der Waals surface area contributed by atoms with Gasteiger partial charge in [0.2, 0.25) is 5.88 Å². The molecule has 0 bridgehead atoms. The standard InChI is InChI=1S/C17H20N6O3/c1-25-10-6-7-19-13(8-10)26-17-14-15(18)20-9-21-16(14)23(22-17)11-4-2-3-5-12(11)24/h6-9,11-12,24H,2-5H2,1H3,(H2,18,20,21)/t11?,12-/m0/s1. The summed E-state index contributed by atoms with van der Waals surface area (Å²) >= 11 is 0. The lowest BCUT2D eigenvalue weighted by molar-refractivity contribution is 0.0708. The molecule has 4 rings (SSSR count). The Labute approximate surface area is 149 Å². The maximum Gasteiger partial charge on any atom is 0.253 e. The van der Waals surface area contributed by atoms with Crippen LogP contribution >= 0.6 is 0 Å². The molecular weight excluding hydrogens is 336 g/mol. The Hall–Kier alpha value is -2.94. The number of methoxy groups -OCH3 is 1. The molecule has 0 radical (unpaired) electrons. The van der Waals surface area contributed by atoms with Crippen LogP contribution in [-0.2, 0) is 0 Å². The summed E-state index contributed by atoms with van der Waals surface area (Å²) in [5.41, 5.74) is 6.60. The summed E-state index contributed by atoms with van der Waals surface area (Å²) in [6.45, 7) is 0. The van der Waals surface area contributed by atoms with Crippen LogP contribution in [0.15, 0.2) is 24.7 Å². The number of nitrogens with two attached hydrogens (primary N) is 1. The first-order chi connectivity index (χ1) is 12.7. The van der Waals surface area contributed by atoms with E-state index in [0.717, 1.165) is 25.7 Å². The Morgan fingerprint density at radius 2 is 2.08 bits per heavy atom. The largest absolute Gasteiger partial charge is 0.497 e. The van der Waals surface area contributed by atoms with Crippen molar-refractivity contribution in [2.24, 2.45) is 0 Å². The number of hydrogen-bond donors (Lipinski definition) is 2. The van der Waals surface area contributed by atoms with Gasteiger partial charge in [-0.25, -0.2) is 19.6 Å². The summed E-state index contributed by atoms with van der Waals surface area (Å²) in [4.78, 5) is 12.5. The molecule has 1 fully saturated rings. The first-order valence-corrected chi connectivity index (χ1v) is 8.52. The Balaban J connectivity index is 1.79. The van der Waals surface area contributed by atoms with Crippen LogP contribution in [0.3, 0.4) is 0 Å². The zero-order valence-corrected chi connectivity index (χ0v) is 14.4. The van der Waals surface area contributed by atoms with Gasteiger partial charge in [0.1, 0.15) is 23.3 Å². The normalized spacial score (nSPS) is 20.2. The molecule has 3 N–H and O–H groups in total. The van der Waals surface area contributed by atoms with E-state index in [9.17, 15) is 5.11 Å². The monoisotopic (exact) mass is 356 g/mol. The first kappa shape index (κ1) is 16.5. The molecule has 1 unspecified atom stereocenters. The van der Waals surface area contributed by atoms with Crippen molar-refractivity contribution < 1.29 is 14.6 Å². The third-order valence-electron chi connectivity index (χ3n) is 4.64. The zero-order chi connectivity index (χ0) is 18.1. The second kappa shape index (κ2) is 6.75. The van der Waals surface area contributed by atoms with E-state index in [4.69, 9.17) is 15.2 Å². The molecular formula is C17H20N6O3. The van der Waals surface area contributed by atoms with Crippen molar-refractivity contribution in [3.8, 4) is 17.5 Å². The van der Waals surface area contributed by atoms with Gasteiger partial charge in [0.25, 0.3) is 5.88 Å². The van der Waals surface area contributed by atoms with Gasteiger partial charge < -0.3 is 20.3 Å². The molecule has 0 spiro atoms. The molecule has 0 aliphatic heterocycles. The highest BCUT2D eigenvalue weighted by Crippen LogP contribution is 2.36. The van der Waals surface area contributed by atoms with Gasteiger partial charge in [-0.05, 0) is 18.9 Å². The number of aliphatic hydroxyl groups is 1. The molecule has 3 aromatic rings. The number of nitrogens with zero attached hydrogens (tertiary/aromatic N) is 5. The fourth-order valence-electron chi connectivity index (χ4n) is 3.32. The van der Waals surface area contributed by atoms with Gasteiger partial charge in [-0.15, -0.1) is 5.10 Å². The lowest BCUT2D eigenvalue weighted by Gasteiger charge is -2.27. The van der Waals surface area contributed by atoms with Crippen molar-refractivity contribution >= 4 is 16.9 Å². The number of fused-ring (bicyclic) bond motifs is 1. The van der Waals surface area contributed by atoms with E-state index >= 15 is 0 Å². The second-order valence-corrected chi connectivity index (χ2v) is 6.26. The summed E-state index contributed by atoms with van der Waals surface area (Å²) in [6.07, 6.45) is 6.07. The number of ether oxygens (including phenoxy) is 2. The highest BCUT2D eigenvalue weighted by atomic mass is 16.5. The molecule has 1 aliphatic carbocycles. The van der Waals surface area contributed by atoms with E-state index in [1.54, 1.807) is 30.1 Å². The van der Waals surface area contributed by atoms with Crippen LogP contribution in [0.5, 0.6) is 17.5 Å². The summed E-state index contributed by atoms with van der Waals surface area (Å²) < 4.78 is 12.7. The molecule has 26 heavy (non-hydrogen) atoms. The van der Waals surface area contributed by atoms with Crippen molar-refractivity contribution in [3.63, 3.8) is 0 Å². The maximum atomic E-state index is 10.4. The topological polar surface area (TPSA) is 121 Å². The lowest BCUT2D eigenvalue weighted by Crippen LogP contribution is -2.28. The number of aromatic nitrogens is 5. The quantitative estimate of drug-likeness (QED) is 0.729. The van der Waals surface area contributed by atoms with Crippen LogP contribution < -0.4 is 15.2 Å². The van der Waals surface area contributed by atoms with Crippen molar-refractivity contribution in [2.45, 2.75) is 37.8 Å². The predicted octanol–water partition coefficient (Wildman–Crippen LogP) is 2.08. The van der Waals surface area contributed by atoms with E-state index in [1.165, 1.54) is 6.33 Å². The van der Waals surface area contributed by atoms with E-state index in [0.29, 0.717) is 22.7 Å². The van der Waals surface area contributed by atoms with E-state index < -0.39 is 6.10 Å². The predicted molar refractivity (Wildman–Crippen MR) is 94.1 cm³/mol. The molecule has 9 heteroatoms. The van der Waals surface area contributed by atoms with Gasteiger partial charge in [-0.1, -0.05) is 12.8 Å². The van der Waals surface area contributed by atoms with Crippen molar-refractivity contribution in [3.05, 3.63) is 24.7 Å². The van der Waals surface area contributed by atoms with E-state index in [1.807, 2.05) is 0 Å². The molecule has 3 heterocycles. The van der Waals surface area contributed by atoms with Gasteiger partial charge in [-0.2, -0.15) is 0 Å². The average Bonchev–Trinajstić information content (AvgIpc) is 3.02. The van der Waals surface area contributed by atoms with Gasteiger partial charge >= 0.3 is 0 Å². The summed E-state index contributed by atoms with van der Waals surface area (Å²) in [7, 11) is 1.57. The number of nitrogen functional groups attached to an aromatic ring is 1. The van der Waals surface area contributed by atoms with Crippen LogP contribution in [0.25, 0.3) is 11.0 Å². The van der Waals surface area contributed by atoms with Gasteiger partial charge in [0, 0.05) is 12.3 Å². The van der Waals surface area contributed by atoms with Gasteiger partial charge in [-0.3, -0.25) is 0 Å². The van der Waals surface area contributed by atoms with Crippen LogP contribution in [0, 0.1) is 0 Å². The zero-order valence-electron chi connectivity index (χ0n) is 14.4. The first-order valence-electron chi connectivity index (χ1n) is 8.52. The maximum absolute atomic E-state index is 10.4. The minimum absolute atomic E-state index is 0.170. The minimum atomic E-state index is -0.481. The Kier molecular flexibility index (Phi) is 4.29. The number of pyridine rings is 1. The highest BCUT2D eigenvalue weighted by Gasteiger charge is 2.29. The Bertz CT molecular complexity index is 928. The molecule has 0 saturated heterocycles. The molecule has 9 nitrogen and oxygen atoms in total. The average molecular weight is 356 g/mol. The third-order valence-corrected chi connectivity index (χ3v) is 4.64. The smallest absolute Gasteiger partial charge is 0.253 e. The molecule has 0 amide bonds. The van der Waals surface area contributed by atoms with E-state index in [2.05, 4.69) is 20.1 Å². The van der Waals surface area contributed by atoms with Crippen molar-refractivity contribution in [1.82, 2.24) is 24.7 Å². The van der Waals surface area contributed by atoms with Crippen LogP contribution in [0.1, 0.15) is 31.7 Å². The minimum Gasteiger partial charge on any atom is -0.497 e. The second-order valence-electron chi connectivity index (χ2n) is 6.26. The van der Waals surface area contributed by atoms with E-state index in [-0.39, 0.29) is 17.7 Å². The highest BCUT2D eigenvalue weighted by molar-refractivity contribution is 5.90. The van der Waals surface area contributed by atoms with Crippen molar-refractivity contribution in [2.75, 3.05) is 12.8 Å². The Morgan fingerprint density at radius 1 is 1.23 bits per heavy atom. The molecule has 0 aromatic carbocycles.